The van der Waals surface area contributed by atoms with Crippen molar-refractivity contribution in [3.05, 3.63) is 53.1 Å². The molecule has 2 N–H and O–H groups in total. The predicted molar refractivity (Wildman–Crippen MR) is 123 cm³/mol. The lowest BCUT2D eigenvalue weighted by Gasteiger charge is -2.24. The Bertz CT molecular complexity index is 948. The second-order valence-electron chi connectivity index (χ2n) is 7.72. The number of aryl methyl sites for hydroxylation is 2. The zero-order valence-corrected chi connectivity index (χ0v) is 19.6. The van der Waals surface area contributed by atoms with Crippen LogP contribution in [-0.2, 0) is 16.1 Å². The molecule has 0 saturated carbocycles. The summed E-state index contributed by atoms with van der Waals surface area (Å²) in [7, 11) is 1.75. The van der Waals surface area contributed by atoms with Crippen molar-refractivity contribution in [1.82, 2.24) is 10.2 Å². The van der Waals surface area contributed by atoms with E-state index in [1.165, 1.54) is 6.07 Å². The third-order valence-corrected chi connectivity index (χ3v) is 5.17. The third kappa shape index (κ3) is 7.71. The van der Waals surface area contributed by atoms with Gasteiger partial charge >= 0.3 is 6.61 Å². The fourth-order valence-corrected chi connectivity index (χ4v) is 3.25. The van der Waals surface area contributed by atoms with Crippen molar-refractivity contribution < 1.29 is 27.8 Å². The highest BCUT2D eigenvalue weighted by molar-refractivity contribution is 5.96. The van der Waals surface area contributed by atoms with E-state index in [0.717, 1.165) is 22.4 Å². The first-order valence-electron chi connectivity index (χ1n) is 10.7. The Morgan fingerprint density at radius 1 is 1.09 bits per heavy atom. The van der Waals surface area contributed by atoms with Crippen LogP contribution in [0.1, 0.15) is 30.5 Å². The highest BCUT2D eigenvalue weighted by Gasteiger charge is 2.20. The summed E-state index contributed by atoms with van der Waals surface area (Å²) in [5, 5.41) is 5.48. The summed E-state index contributed by atoms with van der Waals surface area (Å²) >= 11 is 0. The van der Waals surface area contributed by atoms with Gasteiger partial charge < -0.3 is 20.1 Å². The minimum absolute atomic E-state index is 0.0426. The number of halogens is 2. The molecule has 0 aliphatic rings. The zero-order valence-electron chi connectivity index (χ0n) is 19.6. The first-order chi connectivity index (χ1) is 15.6. The number of anilines is 1. The third-order valence-electron chi connectivity index (χ3n) is 5.17. The molecule has 0 spiro atoms. The van der Waals surface area contributed by atoms with Gasteiger partial charge in [0.1, 0.15) is 0 Å². The molecular formula is C24H31F2N3O4. The zero-order chi connectivity index (χ0) is 24.5. The van der Waals surface area contributed by atoms with Crippen LogP contribution in [0.25, 0.3) is 0 Å². The monoisotopic (exact) mass is 463 g/mol. The highest BCUT2D eigenvalue weighted by Crippen LogP contribution is 2.30. The van der Waals surface area contributed by atoms with Gasteiger partial charge in [0, 0.05) is 12.2 Å². The summed E-state index contributed by atoms with van der Waals surface area (Å²) in [5.41, 5.74) is 3.39. The molecule has 0 heterocycles. The minimum atomic E-state index is -2.95. The quantitative estimate of drug-likeness (QED) is 0.529. The number of carbonyl (C=O) groups is 2. The Morgan fingerprint density at radius 3 is 2.36 bits per heavy atom. The van der Waals surface area contributed by atoms with Gasteiger partial charge in [0.15, 0.2) is 11.5 Å². The van der Waals surface area contributed by atoms with Gasteiger partial charge in [0.2, 0.25) is 11.8 Å². The molecule has 2 rings (SSSR count). The molecule has 2 aromatic carbocycles. The molecule has 33 heavy (non-hydrogen) atoms. The summed E-state index contributed by atoms with van der Waals surface area (Å²) in [5.74, 6) is -0.452. The molecule has 2 aromatic rings. The molecule has 1 atom stereocenters. The fraction of sp³-hybridized carbons (Fsp3) is 0.417. The molecule has 0 aromatic heterocycles. The first-order valence-corrected chi connectivity index (χ1v) is 10.7. The van der Waals surface area contributed by atoms with Gasteiger partial charge in [0.25, 0.3) is 0 Å². The van der Waals surface area contributed by atoms with Crippen molar-refractivity contribution in [3.8, 4) is 11.5 Å². The molecule has 2 amide bonds. The molecule has 0 saturated heterocycles. The second-order valence-corrected chi connectivity index (χ2v) is 7.72. The van der Waals surface area contributed by atoms with Crippen LogP contribution in [0.2, 0.25) is 0 Å². The lowest BCUT2D eigenvalue weighted by molar-refractivity contribution is -0.127. The highest BCUT2D eigenvalue weighted by atomic mass is 19.3. The van der Waals surface area contributed by atoms with Crippen molar-refractivity contribution in [2.45, 2.75) is 46.9 Å². The summed E-state index contributed by atoms with van der Waals surface area (Å²) in [4.78, 5) is 26.6. The Kier molecular flexibility index (Phi) is 9.59. The van der Waals surface area contributed by atoms with Crippen molar-refractivity contribution in [3.63, 3.8) is 0 Å². The number of amides is 2. The van der Waals surface area contributed by atoms with Gasteiger partial charge in [-0.3, -0.25) is 14.5 Å². The number of ether oxygens (including phenoxy) is 2. The number of rotatable bonds is 11. The van der Waals surface area contributed by atoms with E-state index < -0.39 is 12.7 Å². The molecular weight excluding hydrogens is 432 g/mol. The fourth-order valence-electron chi connectivity index (χ4n) is 3.25. The van der Waals surface area contributed by atoms with Gasteiger partial charge in [-0.05, 0) is 63.6 Å². The number of hydrogen-bond donors (Lipinski definition) is 2. The smallest absolute Gasteiger partial charge is 0.387 e. The molecule has 0 aliphatic carbocycles. The maximum atomic E-state index is 12.6. The molecule has 7 nitrogen and oxygen atoms in total. The molecule has 9 heteroatoms. The molecule has 0 fully saturated rings. The van der Waals surface area contributed by atoms with E-state index in [9.17, 15) is 18.4 Å². The SMILES string of the molecule is CCOc1cc(CN(C)C(C)C(=O)NCC(=O)Nc2c(C)cccc2C)ccc1OC(F)F. The number of nitrogens with zero attached hydrogens (tertiary/aromatic N) is 1. The van der Waals surface area contributed by atoms with Gasteiger partial charge in [-0.1, -0.05) is 24.3 Å². The van der Waals surface area contributed by atoms with Crippen LogP contribution < -0.4 is 20.1 Å². The maximum Gasteiger partial charge on any atom is 0.387 e. The van der Waals surface area contributed by atoms with Crippen molar-refractivity contribution in [1.29, 1.82) is 0 Å². The predicted octanol–water partition coefficient (Wildman–Crippen LogP) is 3.88. The first kappa shape index (κ1) is 26.1. The average Bonchev–Trinajstić information content (AvgIpc) is 2.75. The van der Waals surface area contributed by atoms with Crippen LogP contribution in [0.4, 0.5) is 14.5 Å². The number of carbonyl (C=O) groups excluding carboxylic acids is 2. The van der Waals surface area contributed by atoms with Crippen LogP contribution in [0.5, 0.6) is 11.5 Å². The number of alkyl halides is 2. The number of para-hydroxylation sites is 1. The van der Waals surface area contributed by atoms with Crippen molar-refractivity contribution >= 4 is 17.5 Å². The normalized spacial score (nSPS) is 11.9. The summed E-state index contributed by atoms with van der Waals surface area (Å²) in [6.07, 6.45) is 0. The van der Waals surface area contributed by atoms with Crippen LogP contribution in [0.15, 0.2) is 36.4 Å². The average molecular weight is 464 g/mol. The number of benzene rings is 2. The number of hydrogen-bond acceptors (Lipinski definition) is 5. The Hall–Kier alpha value is -3.20. The van der Waals surface area contributed by atoms with E-state index in [1.807, 2.05) is 32.0 Å². The van der Waals surface area contributed by atoms with E-state index in [-0.39, 0.29) is 29.9 Å². The summed E-state index contributed by atoms with van der Waals surface area (Å²) in [6, 6.07) is 9.85. The minimum Gasteiger partial charge on any atom is -0.490 e. The molecule has 0 bridgehead atoms. The van der Waals surface area contributed by atoms with Crippen LogP contribution in [0.3, 0.4) is 0 Å². The number of nitrogens with one attached hydrogen (secondary N) is 2. The van der Waals surface area contributed by atoms with Crippen LogP contribution >= 0.6 is 0 Å². The van der Waals surface area contributed by atoms with Crippen LogP contribution in [-0.4, -0.2) is 49.6 Å². The van der Waals surface area contributed by atoms with Crippen molar-refractivity contribution in [2.75, 3.05) is 25.5 Å². The Balaban J connectivity index is 1.93. The Labute approximate surface area is 193 Å². The second kappa shape index (κ2) is 12.2. The van der Waals surface area contributed by atoms with E-state index >= 15 is 0 Å². The van der Waals surface area contributed by atoms with Crippen LogP contribution in [0, 0.1) is 13.8 Å². The van der Waals surface area contributed by atoms with Gasteiger partial charge in [0.05, 0.1) is 19.2 Å². The standard InChI is InChI=1S/C24H31F2N3O4/c1-6-32-20-12-18(10-11-19(20)33-24(25)26)14-29(5)17(4)23(31)27-13-21(30)28-22-15(2)8-7-9-16(22)3/h7-12,17,24H,6,13-14H2,1-5H3,(H,27,31)(H,28,30). The lowest BCUT2D eigenvalue weighted by atomic mass is 10.1. The van der Waals surface area contributed by atoms with Gasteiger partial charge in [-0.15, -0.1) is 0 Å². The molecule has 180 valence electrons. The summed E-state index contributed by atoms with van der Waals surface area (Å²) < 4.78 is 35.0. The molecule has 0 radical (unpaired) electrons. The van der Waals surface area contributed by atoms with E-state index in [0.29, 0.717) is 13.2 Å². The molecule has 1 unspecified atom stereocenters. The Morgan fingerprint density at radius 2 is 1.76 bits per heavy atom. The lowest BCUT2D eigenvalue weighted by Crippen LogP contribution is -2.45. The van der Waals surface area contributed by atoms with E-state index in [2.05, 4.69) is 15.4 Å². The van der Waals surface area contributed by atoms with Crippen molar-refractivity contribution in [2.24, 2.45) is 0 Å². The topological polar surface area (TPSA) is 79.9 Å². The summed E-state index contributed by atoms with van der Waals surface area (Å²) in [6.45, 7) is 4.82. The maximum absolute atomic E-state index is 12.6. The molecule has 0 aliphatic heterocycles. The largest absolute Gasteiger partial charge is 0.490 e. The van der Waals surface area contributed by atoms with Gasteiger partial charge in [-0.2, -0.15) is 8.78 Å². The van der Waals surface area contributed by atoms with E-state index in [4.69, 9.17) is 4.74 Å². The van der Waals surface area contributed by atoms with E-state index in [1.54, 1.807) is 37.9 Å². The number of likely N-dealkylation sites (N-methyl/N-ethyl adjacent to an activating group) is 1. The van der Waals surface area contributed by atoms with Gasteiger partial charge in [-0.25, -0.2) is 0 Å².